The molecule has 1 saturated heterocycles. The van der Waals surface area contributed by atoms with E-state index in [-0.39, 0.29) is 55.4 Å². The molecule has 476 valence electrons. The maximum Gasteiger partial charge on any atom is 0.303 e. The fourth-order valence-electron chi connectivity index (χ4n) is 9.76. The third-order valence-electron chi connectivity index (χ3n) is 14.3. The number of aromatic amines is 2. The van der Waals surface area contributed by atoms with Crippen molar-refractivity contribution in [2.45, 2.75) is 127 Å². The summed E-state index contributed by atoms with van der Waals surface area (Å²) in [5.74, 6) is -10.2. The first-order valence-electron chi connectivity index (χ1n) is 29.1. The number of hydrogen-bond acceptors (Lipinski definition) is 17. The molecule has 0 radical (unpaired) electrons. The highest BCUT2D eigenvalue weighted by Crippen LogP contribution is 2.25. The number of amides is 9. The predicted molar refractivity (Wildman–Crippen MR) is 332 cm³/mol. The lowest BCUT2D eigenvalue weighted by Gasteiger charge is -2.29. The van der Waals surface area contributed by atoms with Crippen LogP contribution in [-0.4, -0.2) is 180 Å². The van der Waals surface area contributed by atoms with E-state index in [4.69, 9.17) is 17.2 Å². The molecule has 9 amide bonds. The molecule has 8 atom stereocenters. The number of rotatable bonds is 25. The van der Waals surface area contributed by atoms with Gasteiger partial charge in [0.15, 0.2) is 0 Å². The summed E-state index contributed by atoms with van der Waals surface area (Å²) in [6.07, 6.45) is 1.44. The van der Waals surface area contributed by atoms with Gasteiger partial charge in [0, 0.05) is 104 Å². The van der Waals surface area contributed by atoms with Crippen molar-refractivity contribution in [2.24, 2.45) is 35.0 Å². The van der Waals surface area contributed by atoms with Gasteiger partial charge in [-0.3, -0.25) is 47.9 Å². The van der Waals surface area contributed by atoms with E-state index >= 15 is 0 Å². The summed E-state index contributed by atoms with van der Waals surface area (Å²) in [5.41, 5.74) is 19.5. The molecular formula is C58H85N15O12S2. The maximum absolute atomic E-state index is 15.0. The number of primary amides is 1. The Hall–Kier alpha value is -7.57. The second-order valence-corrected chi connectivity index (χ2v) is 24.8. The fraction of sp³-hybridized carbons (Fsp3) is 0.534. The lowest BCUT2D eigenvalue weighted by atomic mass is 9.98. The Morgan fingerprint density at radius 2 is 1.09 bits per heavy atom. The third kappa shape index (κ3) is 22.9. The molecule has 0 spiro atoms. The van der Waals surface area contributed by atoms with Gasteiger partial charge in [-0.25, -0.2) is 0 Å². The Labute approximate surface area is 512 Å². The molecular weight excluding hydrogens is 1160 g/mol. The van der Waals surface area contributed by atoms with E-state index in [9.17, 15) is 57.8 Å². The Morgan fingerprint density at radius 3 is 1.60 bits per heavy atom. The number of carbonyl (C=O) groups excluding carboxylic acids is 10. The molecule has 1 fully saturated rings. The van der Waals surface area contributed by atoms with Gasteiger partial charge in [0.2, 0.25) is 53.2 Å². The van der Waals surface area contributed by atoms with E-state index in [1.54, 1.807) is 64.4 Å². The number of aldehydes is 1. The maximum atomic E-state index is 15.0. The molecule has 2 aromatic carbocycles. The SMILES string of the molecule is CC(C)C[C@@H]1NC(=O)[C@H](Cc2c[nH]c3ccccc23)NC(=O)[C@H](C(C)C)NC(=O)[C@@H](NC(=O)CC(CNCCN)CNCCN)CSSC[C@@H](C=O)NC(=O)[C@H](CCC(N)=O)NC(=O)[C@H](CCC(=O)O)NC(=O)[C@H](Cc2c[nH]c3ccccc23)NC1=O. The number of carboxylic acids is 1. The van der Waals surface area contributed by atoms with Crippen LogP contribution in [0.2, 0.25) is 0 Å². The number of fused-ring (bicyclic) bond motifs is 2. The Balaban J connectivity index is 1.59. The first kappa shape index (κ1) is 70.2. The van der Waals surface area contributed by atoms with Crippen LogP contribution in [0, 0.1) is 17.8 Å². The number of nitrogens with one attached hydrogen (secondary N) is 12. The molecule has 87 heavy (non-hydrogen) atoms. The zero-order chi connectivity index (χ0) is 63.6. The molecule has 3 heterocycles. The molecule has 1 aliphatic rings. The molecule has 1 aliphatic heterocycles. The molecule has 2 aromatic heterocycles. The van der Waals surface area contributed by atoms with E-state index in [1.807, 2.05) is 24.3 Å². The van der Waals surface area contributed by atoms with Crippen molar-refractivity contribution in [1.29, 1.82) is 0 Å². The van der Waals surface area contributed by atoms with E-state index < -0.39 is 133 Å². The number of carbonyl (C=O) groups is 11. The van der Waals surface area contributed by atoms with Gasteiger partial charge in [-0.05, 0) is 73.4 Å². The predicted octanol–water partition coefficient (Wildman–Crippen LogP) is -1.16. The van der Waals surface area contributed by atoms with Crippen molar-refractivity contribution in [1.82, 2.24) is 63.1 Å². The summed E-state index contributed by atoms with van der Waals surface area (Å²) in [6.45, 7) is 9.45. The first-order chi connectivity index (χ1) is 41.6. The molecule has 19 N–H and O–H groups in total. The van der Waals surface area contributed by atoms with Gasteiger partial charge in [-0.15, -0.1) is 0 Å². The number of carboxylic acid groups (broad SMARTS) is 1. The smallest absolute Gasteiger partial charge is 0.303 e. The van der Waals surface area contributed by atoms with Crippen molar-refractivity contribution in [3.05, 3.63) is 72.1 Å². The van der Waals surface area contributed by atoms with Crippen LogP contribution in [-0.2, 0) is 65.6 Å². The Bertz CT molecular complexity index is 2980. The van der Waals surface area contributed by atoms with Crippen molar-refractivity contribution in [2.75, 3.05) is 50.8 Å². The summed E-state index contributed by atoms with van der Waals surface area (Å²) in [4.78, 5) is 159. The van der Waals surface area contributed by atoms with Gasteiger partial charge in [-0.1, -0.05) is 85.7 Å². The van der Waals surface area contributed by atoms with Gasteiger partial charge >= 0.3 is 5.97 Å². The fourth-order valence-corrected chi connectivity index (χ4v) is 12.1. The van der Waals surface area contributed by atoms with Crippen LogP contribution in [0.1, 0.15) is 77.3 Å². The second-order valence-electron chi connectivity index (χ2n) is 22.2. The van der Waals surface area contributed by atoms with Gasteiger partial charge in [0.1, 0.15) is 48.6 Å². The number of para-hydroxylation sites is 2. The third-order valence-corrected chi connectivity index (χ3v) is 16.8. The average Bonchev–Trinajstić information content (AvgIpc) is 2.38. The van der Waals surface area contributed by atoms with E-state index in [2.05, 4.69) is 63.1 Å². The number of hydrogen-bond donors (Lipinski definition) is 16. The molecule has 0 aliphatic carbocycles. The lowest BCUT2D eigenvalue weighted by molar-refractivity contribution is -0.139. The van der Waals surface area contributed by atoms with Crippen LogP contribution in [0.3, 0.4) is 0 Å². The number of aromatic nitrogens is 2. The monoisotopic (exact) mass is 1250 g/mol. The molecule has 0 unspecified atom stereocenters. The van der Waals surface area contributed by atoms with E-state index in [0.29, 0.717) is 67.6 Å². The minimum atomic E-state index is -1.67. The van der Waals surface area contributed by atoms with Crippen LogP contribution in [0.4, 0.5) is 0 Å². The van der Waals surface area contributed by atoms with Crippen molar-refractivity contribution in [3.63, 3.8) is 0 Å². The van der Waals surface area contributed by atoms with Gasteiger partial charge in [0.25, 0.3) is 0 Å². The standard InChI is InChI=1S/C58H85N15O12S2/c1-32(2)21-44-54(81)71-45(23-35-27-64-40-11-7-5-9-38(35)40)55(82)69-43(14-16-50(77)78)53(80)68-42(13-15-48(61)75)52(79)66-37(29-74)30-86-87-31-47(67-49(76)22-34(25-62-19-17-59)26-63-20-18-60)57(84)73-51(33(3)4)58(85)72-46(56(83)70-44)24-36-28-65-41-12-8-6-10-39(36)41/h5-12,27-29,32-34,37,42-47,51,62-65H,13-26,30-31,59-60H2,1-4H3,(H2,61,75)(H,66,79)(H,67,76)(H,68,80)(H,69,82)(H,70,83)(H,71,81)(H,72,85)(H,73,84)(H,77,78)/t37-,42+,43+,44+,45+,46+,47+,51+/m1/s1. The van der Waals surface area contributed by atoms with Crippen LogP contribution < -0.4 is 70.4 Å². The summed E-state index contributed by atoms with van der Waals surface area (Å²) in [7, 11) is 2.10. The molecule has 4 aromatic rings. The van der Waals surface area contributed by atoms with Crippen molar-refractivity contribution >= 4 is 109 Å². The molecule has 27 nitrogen and oxygen atoms in total. The number of H-pyrrole nitrogens is 2. The van der Waals surface area contributed by atoms with E-state index in [1.165, 1.54) is 0 Å². The topological polar surface area (TPSA) is 438 Å². The quantitative estimate of drug-likeness (QED) is 0.0211. The highest BCUT2D eigenvalue weighted by molar-refractivity contribution is 8.76. The molecule has 5 rings (SSSR count). The largest absolute Gasteiger partial charge is 0.481 e. The molecule has 29 heteroatoms. The van der Waals surface area contributed by atoms with Crippen LogP contribution >= 0.6 is 21.6 Å². The number of aliphatic carboxylic acids is 1. The number of benzene rings is 2. The van der Waals surface area contributed by atoms with Crippen LogP contribution in [0.5, 0.6) is 0 Å². The summed E-state index contributed by atoms with van der Waals surface area (Å²) >= 11 is 0. The Morgan fingerprint density at radius 1 is 0.621 bits per heavy atom. The van der Waals surface area contributed by atoms with Gasteiger partial charge < -0.3 is 90.2 Å². The van der Waals surface area contributed by atoms with Crippen molar-refractivity contribution < 1.29 is 57.8 Å². The van der Waals surface area contributed by atoms with E-state index in [0.717, 1.165) is 32.5 Å². The highest BCUT2D eigenvalue weighted by Gasteiger charge is 2.37. The minimum absolute atomic E-state index is 0.0133. The molecule has 0 bridgehead atoms. The normalized spacial score (nSPS) is 22.0. The summed E-state index contributed by atoms with van der Waals surface area (Å²) in [6, 6.07) is 3.10. The van der Waals surface area contributed by atoms with Crippen molar-refractivity contribution in [3.8, 4) is 0 Å². The van der Waals surface area contributed by atoms with Crippen LogP contribution in [0.15, 0.2) is 60.9 Å². The zero-order valence-electron chi connectivity index (χ0n) is 49.5. The minimum Gasteiger partial charge on any atom is -0.481 e. The summed E-state index contributed by atoms with van der Waals surface area (Å²) in [5, 5.41) is 39.3. The number of nitrogens with two attached hydrogens (primary N) is 3. The van der Waals surface area contributed by atoms with Gasteiger partial charge in [-0.2, -0.15) is 0 Å². The first-order valence-corrected chi connectivity index (χ1v) is 31.6. The average molecular weight is 1250 g/mol. The van der Waals surface area contributed by atoms with Gasteiger partial charge in [0.05, 0.1) is 6.04 Å². The lowest BCUT2D eigenvalue weighted by Crippen LogP contribution is -2.61. The molecule has 0 saturated carbocycles. The van der Waals surface area contributed by atoms with Crippen LogP contribution in [0.25, 0.3) is 21.8 Å². The summed E-state index contributed by atoms with van der Waals surface area (Å²) < 4.78 is 0. The second kappa shape index (κ2) is 35.9. The zero-order valence-corrected chi connectivity index (χ0v) is 51.1. The Kier molecular flexibility index (Phi) is 29.0. The highest BCUT2D eigenvalue weighted by atomic mass is 33.1.